The lowest BCUT2D eigenvalue weighted by atomic mass is 9.99. The average Bonchev–Trinajstić information content (AvgIpc) is 3.18. The minimum Gasteiger partial charge on any atom is -0.298 e. The number of nitrogens with zero attached hydrogens (tertiary/aromatic N) is 5. The van der Waals surface area contributed by atoms with E-state index in [0.717, 1.165) is 35.0 Å². The van der Waals surface area contributed by atoms with Crippen LogP contribution in [0.25, 0.3) is 11.3 Å². The van der Waals surface area contributed by atoms with Gasteiger partial charge in [0.25, 0.3) is 10.0 Å². The van der Waals surface area contributed by atoms with E-state index in [1.165, 1.54) is 13.1 Å². The van der Waals surface area contributed by atoms with Crippen molar-refractivity contribution < 1.29 is 35.2 Å². The third-order valence-corrected chi connectivity index (χ3v) is 8.26. The predicted molar refractivity (Wildman–Crippen MR) is 124 cm³/mol. The van der Waals surface area contributed by atoms with Gasteiger partial charge in [-0.3, -0.25) is 9.78 Å². The van der Waals surface area contributed by atoms with Crippen LogP contribution in [0, 0.1) is 12.7 Å². The van der Waals surface area contributed by atoms with Crippen LogP contribution >= 0.6 is 0 Å². The SMILES string of the molecule is Cc1cnc(-c2cnc(C(F)(F)F)nc2)cc1CCC(=O)[C@@H]1C[C@@H](F)[C@H](C)N1S(=O)(=O)c1ccc(F)cn1. The number of pyridine rings is 2. The molecule has 202 valence electrons. The van der Waals surface area contributed by atoms with Gasteiger partial charge < -0.3 is 0 Å². The molecule has 0 radical (unpaired) electrons. The minimum atomic E-state index is -4.69. The first-order chi connectivity index (χ1) is 17.8. The number of aromatic nitrogens is 4. The number of hydrogen-bond donors (Lipinski definition) is 0. The normalized spacial score (nSPS) is 20.6. The lowest BCUT2D eigenvalue weighted by molar-refractivity contribution is -0.145. The summed E-state index contributed by atoms with van der Waals surface area (Å²) < 4.78 is 93.3. The van der Waals surface area contributed by atoms with Gasteiger partial charge >= 0.3 is 6.18 Å². The molecular weight excluding hydrogens is 533 g/mol. The zero-order valence-electron chi connectivity index (χ0n) is 20.2. The summed E-state index contributed by atoms with van der Waals surface area (Å²) in [6.07, 6.45) is -2.40. The average molecular weight is 556 g/mol. The molecule has 38 heavy (non-hydrogen) atoms. The molecule has 1 fully saturated rings. The van der Waals surface area contributed by atoms with Gasteiger partial charge in [0.05, 0.1) is 24.0 Å². The quantitative estimate of drug-likeness (QED) is 0.405. The number of sulfonamides is 1. The van der Waals surface area contributed by atoms with E-state index in [2.05, 4.69) is 19.9 Å². The van der Waals surface area contributed by atoms with Gasteiger partial charge in [-0.25, -0.2) is 32.2 Å². The van der Waals surface area contributed by atoms with Crippen molar-refractivity contribution >= 4 is 15.8 Å². The van der Waals surface area contributed by atoms with Gasteiger partial charge in [0, 0.05) is 37.0 Å². The molecule has 0 aliphatic carbocycles. The maximum absolute atomic E-state index is 14.6. The van der Waals surface area contributed by atoms with Crippen LogP contribution in [-0.2, 0) is 27.4 Å². The molecule has 14 heteroatoms. The van der Waals surface area contributed by atoms with Crippen molar-refractivity contribution in [2.45, 2.75) is 62.6 Å². The molecular formula is C24H22F5N5O3S. The molecule has 1 saturated heterocycles. The number of carbonyl (C=O) groups is 1. The van der Waals surface area contributed by atoms with Crippen molar-refractivity contribution in [2.24, 2.45) is 0 Å². The smallest absolute Gasteiger partial charge is 0.298 e. The minimum absolute atomic E-state index is 0.138. The summed E-state index contributed by atoms with van der Waals surface area (Å²) in [5, 5.41) is -0.494. The highest BCUT2D eigenvalue weighted by atomic mass is 32.2. The second-order valence-corrected chi connectivity index (χ2v) is 10.7. The lowest BCUT2D eigenvalue weighted by Crippen LogP contribution is -2.45. The highest BCUT2D eigenvalue weighted by Gasteiger charge is 2.49. The third kappa shape index (κ3) is 5.55. The molecule has 3 aromatic rings. The number of aryl methyl sites for hydroxylation is 2. The Labute approximate surface area is 215 Å². The Morgan fingerprint density at radius 3 is 2.37 bits per heavy atom. The summed E-state index contributed by atoms with van der Waals surface area (Å²) in [6.45, 7) is 3.08. The number of rotatable bonds is 7. The van der Waals surface area contributed by atoms with E-state index < -0.39 is 56.9 Å². The zero-order valence-corrected chi connectivity index (χ0v) is 21.0. The standard InChI is InChI=1S/C24H22F5N5O3S/c1-13-9-30-19(16-10-32-23(33-11-16)24(27,28)29)7-15(13)3-5-21(35)20-8-18(26)14(2)34(20)38(36,37)22-6-4-17(25)12-31-22/h4,6-7,9-12,14,18,20H,3,5,8H2,1-2H3/t14-,18+,20-/m0/s1. The summed E-state index contributed by atoms with van der Waals surface area (Å²) in [5.41, 5.74) is 1.86. The maximum atomic E-state index is 14.6. The molecule has 0 unspecified atom stereocenters. The molecule has 0 aromatic carbocycles. The fourth-order valence-corrected chi connectivity index (χ4v) is 6.01. The Kier molecular flexibility index (Phi) is 7.57. The van der Waals surface area contributed by atoms with E-state index in [1.807, 2.05) is 0 Å². The number of Topliss-reactive ketones (excluding diaryl/α,β-unsaturated/α-hetero) is 1. The van der Waals surface area contributed by atoms with E-state index >= 15 is 0 Å². The molecule has 0 spiro atoms. The molecule has 3 atom stereocenters. The first-order valence-corrected chi connectivity index (χ1v) is 12.9. The van der Waals surface area contributed by atoms with Gasteiger partial charge in [-0.05, 0) is 49.6 Å². The molecule has 0 bridgehead atoms. The molecule has 0 N–H and O–H groups in total. The zero-order chi connectivity index (χ0) is 27.8. The van der Waals surface area contributed by atoms with E-state index in [-0.39, 0.29) is 30.5 Å². The van der Waals surface area contributed by atoms with Crippen molar-refractivity contribution in [3.05, 3.63) is 65.8 Å². The van der Waals surface area contributed by atoms with Crippen LogP contribution in [0.1, 0.15) is 36.7 Å². The largest absolute Gasteiger partial charge is 0.451 e. The topological polar surface area (TPSA) is 106 Å². The van der Waals surface area contributed by atoms with Gasteiger partial charge in [-0.2, -0.15) is 17.5 Å². The van der Waals surface area contributed by atoms with E-state index in [9.17, 15) is 35.2 Å². The Balaban J connectivity index is 1.53. The van der Waals surface area contributed by atoms with Crippen molar-refractivity contribution in [3.8, 4) is 11.3 Å². The van der Waals surface area contributed by atoms with Crippen molar-refractivity contribution in [2.75, 3.05) is 0 Å². The lowest BCUT2D eigenvalue weighted by Gasteiger charge is -2.26. The number of alkyl halides is 4. The summed E-state index contributed by atoms with van der Waals surface area (Å²) in [5.74, 6) is -2.55. The van der Waals surface area contributed by atoms with E-state index in [4.69, 9.17) is 0 Å². The van der Waals surface area contributed by atoms with Crippen LogP contribution in [0.5, 0.6) is 0 Å². The van der Waals surface area contributed by atoms with Crippen LogP contribution in [0.2, 0.25) is 0 Å². The van der Waals surface area contributed by atoms with Crippen LogP contribution in [0.15, 0.2) is 48.0 Å². The fourth-order valence-electron chi connectivity index (χ4n) is 4.26. The first-order valence-electron chi connectivity index (χ1n) is 11.5. The van der Waals surface area contributed by atoms with Gasteiger partial charge in [0.15, 0.2) is 10.8 Å². The Bertz CT molecular complexity index is 1430. The summed E-state index contributed by atoms with van der Waals surface area (Å²) in [4.78, 5) is 27.6. The maximum Gasteiger partial charge on any atom is 0.451 e. The van der Waals surface area contributed by atoms with Gasteiger partial charge in [-0.1, -0.05) is 0 Å². The predicted octanol–water partition coefficient (Wildman–Crippen LogP) is 4.09. The summed E-state index contributed by atoms with van der Waals surface area (Å²) in [6, 6.07) is 1.05. The summed E-state index contributed by atoms with van der Waals surface area (Å²) in [7, 11) is -4.39. The Morgan fingerprint density at radius 1 is 1.08 bits per heavy atom. The molecule has 1 aliphatic heterocycles. The molecule has 4 rings (SSSR count). The third-order valence-electron chi connectivity index (χ3n) is 6.35. The number of ketones is 1. The Morgan fingerprint density at radius 2 is 1.76 bits per heavy atom. The van der Waals surface area contributed by atoms with Crippen molar-refractivity contribution in [1.29, 1.82) is 0 Å². The molecule has 0 saturated carbocycles. The highest BCUT2D eigenvalue weighted by molar-refractivity contribution is 7.89. The highest BCUT2D eigenvalue weighted by Crippen LogP contribution is 2.34. The molecule has 3 aromatic heterocycles. The van der Waals surface area contributed by atoms with Gasteiger partial charge in [0.1, 0.15) is 12.0 Å². The second-order valence-electron chi connectivity index (χ2n) is 8.91. The van der Waals surface area contributed by atoms with Crippen LogP contribution in [0.4, 0.5) is 22.0 Å². The Hall–Kier alpha value is -3.39. The molecule has 4 heterocycles. The number of hydrogen-bond acceptors (Lipinski definition) is 7. The van der Waals surface area contributed by atoms with E-state index in [0.29, 0.717) is 11.1 Å². The van der Waals surface area contributed by atoms with Crippen LogP contribution in [-0.4, -0.2) is 56.7 Å². The molecule has 1 aliphatic rings. The number of halogens is 5. The second kappa shape index (κ2) is 10.4. The molecule has 8 nitrogen and oxygen atoms in total. The van der Waals surface area contributed by atoms with Gasteiger partial charge in [-0.15, -0.1) is 0 Å². The fraction of sp³-hybridized carbons (Fsp3) is 0.375. The van der Waals surface area contributed by atoms with Gasteiger partial charge in [0.2, 0.25) is 5.82 Å². The van der Waals surface area contributed by atoms with Crippen molar-refractivity contribution in [1.82, 2.24) is 24.2 Å². The van der Waals surface area contributed by atoms with Crippen LogP contribution < -0.4 is 0 Å². The first kappa shape index (κ1) is 27.6. The molecule has 0 amide bonds. The monoisotopic (exact) mass is 555 g/mol. The van der Waals surface area contributed by atoms with Crippen LogP contribution in [0.3, 0.4) is 0 Å². The number of carbonyl (C=O) groups excluding carboxylic acids is 1. The summed E-state index contributed by atoms with van der Waals surface area (Å²) >= 11 is 0. The van der Waals surface area contributed by atoms with Crippen molar-refractivity contribution in [3.63, 3.8) is 0 Å². The van der Waals surface area contributed by atoms with E-state index in [1.54, 1.807) is 13.0 Å².